The number of rotatable bonds is 3. The zero-order valence-electron chi connectivity index (χ0n) is 9.60. The van der Waals surface area contributed by atoms with Crippen molar-refractivity contribution >= 4 is 39.8 Å². The third kappa shape index (κ3) is 3.43. The van der Waals surface area contributed by atoms with Crippen LogP contribution in [0.4, 0.5) is 0 Å². The Morgan fingerprint density at radius 1 is 1.16 bits per heavy atom. The van der Waals surface area contributed by atoms with E-state index >= 15 is 0 Å². The molecule has 0 heterocycles. The molecular weight excluding hydrogens is 332 g/mol. The average molecular weight is 340 g/mol. The third-order valence-corrected chi connectivity index (χ3v) is 3.25. The number of carbonyl (C=O) groups is 2. The molecule has 0 spiro atoms. The van der Waals surface area contributed by atoms with Crippen molar-refractivity contribution in [1.82, 2.24) is 0 Å². The number of halogens is 2. The summed E-state index contributed by atoms with van der Waals surface area (Å²) >= 11 is 8.99. The number of hydrogen-bond donors (Lipinski definition) is 0. The molecule has 0 amide bonds. The summed E-state index contributed by atoms with van der Waals surface area (Å²) in [5, 5.41) is 0.549. The summed E-state index contributed by atoms with van der Waals surface area (Å²) < 4.78 is 5.77. The molecule has 2 aromatic carbocycles. The minimum atomic E-state index is -0.490. The lowest BCUT2D eigenvalue weighted by Gasteiger charge is -2.06. The van der Waals surface area contributed by atoms with Gasteiger partial charge in [-0.2, -0.15) is 0 Å². The van der Waals surface area contributed by atoms with Gasteiger partial charge in [0.1, 0.15) is 12.0 Å². The Labute approximate surface area is 123 Å². The molecule has 0 unspecified atom stereocenters. The van der Waals surface area contributed by atoms with Gasteiger partial charge in [0, 0.05) is 10.6 Å². The first-order valence-electron chi connectivity index (χ1n) is 5.32. The van der Waals surface area contributed by atoms with Crippen LogP contribution in [0.2, 0.25) is 5.02 Å². The van der Waals surface area contributed by atoms with Crippen molar-refractivity contribution in [3.05, 3.63) is 63.1 Å². The highest BCUT2D eigenvalue weighted by atomic mass is 79.9. The lowest BCUT2D eigenvalue weighted by Crippen LogP contribution is -2.08. The zero-order valence-corrected chi connectivity index (χ0v) is 11.9. The van der Waals surface area contributed by atoms with Crippen molar-refractivity contribution in [3.8, 4) is 5.75 Å². The fourth-order valence-electron chi connectivity index (χ4n) is 1.42. The quantitative estimate of drug-likeness (QED) is 0.480. The average Bonchev–Trinajstić information content (AvgIpc) is 2.41. The van der Waals surface area contributed by atoms with Crippen LogP contribution in [0.3, 0.4) is 0 Å². The zero-order chi connectivity index (χ0) is 13.8. The highest BCUT2D eigenvalue weighted by Crippen LogP contribution is 2.26. The van der Waals surface area contributed by atoms with Crippen LogP contribution in [-0.2, 0) is 0 Å². The van der Waals surface area contributed by atoms with E-state index in [4.69, 9.17) is 16.3 Å². The summed E-state index contributed by atoms with van der Waals surface area (Å²) in [6, 6.07) is 11.1. The van der Waals surface area contributed by atoms with Gasteiger partial charge in [-0.05, 0) is 58.4 Å². The van der Waals surface area contributed by atoms with Gasteiger partial charge >= 0.3 is 5.97 Å². The molecule has 0 aromatic heterocycles. The summed E-state index contributed by atoms with van der Waals surface area (Å²) in [6.07, 6.45) is 0.718. The van der Waals surface area contributed by atoms with Crippen molar-refractivity contribution in [2.45, 2.75) is 0 Å². The van der Waals surface area contributed by atoms with Crippen LogP contribution >= 0.6 is 27.5 Å². The second-order valence-electron chi connectivity index (χ2n) is 3.70. The van der Waals surface area contributed by atoms with Gasteiger partial charge in [0.2, 0.25) is 0 Å². The molecule has 0 bridgehead atoms. The number of ether oxygens (including phenoxy) is 1. The molecule has 0 aliphatic heterocycles. The Kier molecular flexibility index (Phi) is 4.35. The number of aldehydes is 1. The third-order valence-electron chi connectivity index (χ3n) is 2.37. The lowest BCUT2D eigenvalue weighted by molar-refractivity contribution is 0.0733. The van der Waals surface area contributed by atoms with Crippen LogP contribution in [0.15, 0.2) is 46.9 Å². The summed E-state index contributed by atoms with van der Waals surface area (Å²) in [5.41, 5.74) is 0.897. The van der Waals surface area contributed by atoms with Crippen LogP contribution in [0.25, 0.3) is 0 Å². The molecule has 5 heteroatoms. The number of esters is 1. The van der Waals surface area contributed by atoms with E-state index < -0.39 is 5.97 Å². The molecule has 2 aromatic rings. The van der Waals surface area contributed by atoms with Crippen LogP contribution in [-0.4, -0.2) is 12.3 Å². The minimum Gasteiger partial charge on any atom is -0.422 e. The molecule has 19 heavy (non-hydrogen) atoms. The maximum absolute atomic E-state index is 11.9. The SMILES string of the molecule is O=Cc1ccc(OC(=O)c2ccc(Cl)cc2)c(Br)c1. The molecule has 0 radical (unpaired) electrons. The molecule has 2 rings (SSSR count). The molecule has 0 aliphatic rings. The molecule has 0 fully saturated rings. The second-order valence-corrected chi connectivity index (χ2v) is 4.99. The predicted octanol–water partition coefficient (Wildman–Crippen LogP) is 4.13. The first-order valence-corrected chi connectivity index (χ1v) is 6.50. The monoisotopic (exact) mass is 338 g/mol. The van der Waals surface area contributed by atoms with Crippen molar-refractivity contribution in [1.29, 1.82) is 0 Å². The molecule has 96 valence electrons. The van der Waals surface area contributed by atoms with E-state index in [9.17, 15) is 9.59 Å². The van der Waals surface area contributed by atoms with Crippen LogP contribution in [0.5, 0.6) is 5.75 Å². The standard InChI is InChI=1S/C14H8BrClO3/c15-12-7-9(8-17)1-6-13(12)19-14(18)10-2-4-11(16)5-3-10/h1-8H. The van der Waals surface area contributed by atoms with Crippen LogP contribution in [0, 0.1) is 0 Å². The second kappa shape index (κ2) is 5.99. The topological polar surface area (TPSA) is 43.4 Å². The largest absolute Gasteiger partial charge is 0.422 e. The Bertz CT molecular complexity index is 623. The Balaban J connectivity index is 2.19. The van der Waals surface area contributed by atoms with Gasteiger partial charge in [0.15, 0.2) is 0 Å². The first kappa shape index (κ1) is 13.8. The predicted molar refractivity (Wildman–Crippen MR) is 75.9 cm³/mol. The highest BCUT2D eigenvalue weighted by molar-refractivity contribution is 9.10. The van der Waals surface area contributed by atoms with Gasteiger partial charge in [0.05, 0.1) is 10.0 Å². The van der Waals surface area contributed by atoms with Crippen molar-refractivity contribution < 1.29 is 14.3 Å². The fraction of sp³-hybridized carbons (Fsp3) is 0. The molecule has 0 aliphatic carbocycles. The van der Waals surface area contributed by atoms with E-state index in [1.807, 2.05) is 0 Å². The van der Waals surface area contributed by atoms with Gasteiger partial charge in [-0.3, -0.25) is 4.79 Å². The Morgan fingerprint density at radius 2 is 1.84 bits per heavy atom. The molecule has 3 nitrogen and oxygen atoms in total. The van der Waals surface area contributed by atoms with E-state index in [1.54, 1.807) is 42.5 Å². The summed E-state index contributed by atoms with van der Waals surface area (Å²) in [5.74, 6) is -0.137. The van der Waals surface area contributed by atoms with Crippen molar-refractivity contribution in [3.63, 3.8) is 0 Å². The molecule has 0 saturated heterocycles. The van der Waals surface area contributed by atoms with Crippen LogP contribution < -0.4 is 4.74 Å². The van der Waals surface area contributed by atoms with Crippen LogP contribution in [0.1, 0.15) is 20.7 Å². The maximum Gasteiger partial charge on any atom is 0.343 e. The van der Waals surface area contributed by atoms with E-state index in [-0.39, 0.29) is 0 Å². The summed E-state index contributed by atoms with van der Waals surface area (Å²) in [6.45, 7) is 0. The Hall–Kier alpha value is -1.65. The molecule has 0 saturated carbocycles. The first-order chi connectivity index (χ1) is 9.10. The minimum absolute atomic E-state index is 0.352. The normalized spacial score (nSPS) is 10.0. The van der Waals surface area contributed by atoms with E-state index in [2.05, 4.69) is 15.9 Å². The Morgan fingerprint density at radius 3 is 2.42 bits per heavy atom. The van der Waals surface area contributed by atoms with Gasteiger partial charge in [-0.1, -0.05) is 11.6 Å². The number of benzene rings is 2. The van der Waals surface area contributed by atoms with Gasteiger partial charge in [-0.25, -0.2) is 4.79 Å². The summed E-state index contributed by atoms with van der Waals surface area (Å²) in [4.78, 5) is 22.5. The van der Waals surface area contributed by atoms with E-state index in [0.717, 1.165) is 6.29 Å². The van der Waals surface area contributed by atoms with E-state index in [0.29, 0.717) is 26.4 Å². The van der Waals surface area contributed by atoms with E-state index in [1.165, 1.54) is 0 Å². The van der Waals surface area contributed by atoms with Gasteiger partial charge < -0.3 is 4.74 Å². The molecular formula is C14H8BrClO3. The molecule has 0 N–H and O–H groups in total. The number of hydrogen-bond acceptors (Lipinski definition) is 3. The maximum atomic E-state index is 11.9. The van der Waals surface area contributed by atoms with Gasteiger partial charge in [0.25, 0.3) is 0 Å². The lowest BCUT2D eigenvalue weighted by atomic mass is 10.2. The van der Waals surface area contributed by atoms with Gasteiger partial charge in [-0.15, -0.1) is 0 Å². The number of carbonyl (C=O) groups excluding carboxylic acids is 2. The summed E-state index contributed by atoms with van der Waals surface area (Å²) in [7, 11) is 0. The molecule has 0 atom stereocenters. The van der Waals surface area contributed by atoms with Crippen molar-refractivity contribution in [2.75, 3.05) is 0 Å². The fourth-order valence-corrected chi connectivity index (χ4v) is 2.02. The smallest absolute Gasteiger partial charge is 0.343 e. The highest BCUT2D eigenvalue weighted by Gasteiger charge is 2.11. The van der Waals surface area contributed by atoms with Crippen molar-refractivity contribution in [2.24, 2.45) is 0 Å².